The quantitative estimate of drug-likeness (QED) is 0.843. The molecule has 1 aromatic heterocycles. The Balaban J connectivity index is 2.15. The van der Waals surface area contributed by atoms with Gasteiger partial charge < -0.3 is 16.4 Å². The van der Waals surface area contributed by atoms with E-state index in [1.807, 2.05) is 0 Å². The summed E-state index contributed by atoms with van der Waals surface area (Å²) in [6, 6.07) is 1.70. The van der Waals surface area contributed by atoms with E-state index in [0.29, 0.717) is 11.3 Å². The van der Waals surface area contributed by atoms with Gasteiger partial charge in [0.25, 0.3) is 5.91 Å². The van der Waals surface area contributed by atoms with Crippen molar-refractivity contribution in [1.29, 1.82) is 0 Å². The average molecular weight is 248 g/mol. The molecule has 0 aromatic carbocycles. The molecule has 2 heterocycles. The van der Waals surface area contributed by atoms with Gasteiger partial charge in [-0.1, -0.05) is 13.3 Å². The molecule has 4 N–H and O–H groups in total. The lowest BCUT2D eigenvalue weighted by Crippen LogP contribution is -2.22. The molecule has 1 aromatic rings. The van der Waals surface area contributed by atoms with E-state index in [-0.39, 0.29) is 0 Å². The van der Waals surface area contributed by atoms with Crippen LogP contribution in [0.1, 0.15) is 36.5 Å². The summed E-state index contributed by atoms with van der Waals surface area (Å²) in [4.78, 5) is 17.7. The van der Waals surface area contributed by atoms with Crippen LogP contribution in [0.25, 0.3) is 0 Å². The minimum absolute atomic E-state index is 0.343. The van der Waals surface area contributed by atoms with E-state index in [1.165, 1.54) is 25.5 Å². The molecular formula is C13H20N4O. The molecule has 1 amide bonds. The third-order valence-electron chi connectivity index (χ3n) is 3.49. The number of amides is 1. The average Bonchev–Trinajstić information content (AvgIpc) is 2.78. The Bertz CT molecular complexity index is 447. The van der Waals surface area contributed by atoms with E-state index < -0.39 is 5.91 Å². The van der Waals surface area contributed by atoms with E-state index in [1.54, 1.807) is 6.07 Å². The molecule has 0 bridgehead atoms. The summed E-state index contributed by atoms with van der Waals surface area (Å²) in [6.07, 6.45) is 5.16. The minimum Gasteiger partial charge on any atom is -0.397 e. The van der Waals surface area contributed by atoms with Crippen molar-refractivity contribution in [2.24, 2.45) is 11.7 Å². The fourth-order valence-corrected chi connectivity index (χ4v) is 2.53. The predicted molar refractivity (Wildman–Crippen MR) is 72.4 cm³/mol. The number of hydrogen-bond donors (Lipinski definition) is 2. The smallest absolute Gasteiger partial charge is 0.250 e. The SMILES string of the molecule is CCCC1CCN(c2cc(C(N)=O)c(N)cn2)C1. The highest BCUT2D eigenvalue weighted by Gasteiger charge is 2.23. The second-order valence-corrected chi connectivity index (χ2v) is 4.88. The van der Waals surface area contributed by atoms with Gasteiger partial charge in [0.2, 0.25) is 0 Å². The van der Waals surface area contributed by atoms with Crippen LogP contribution in [0.2, 0.25) is 0 Å². The fraction of sp³-hybridized carbons (Fsp3) is 0.538. The summed E-state index contributed by atoms with van der Waals surface area (Å²) in [7, 11) is 0. The van der Waals surface area contributed by atoms with E-state index in [0.717, 1.165) is 24.8 Å². The van der Waals surface area contributed by atoms with E-state index >= 15 is 0 Å². The van der Waals surface area contributed by atoms with Crippen molar-refractivity contribution in [2.45, 2.75) is 26.2 Å². The predicted octanol–water partition coefficient (Wildman–Crippen LogP) is 1.39. The number of hydrogen-bond acceptors (Lipinski definition) is 4. The number of nitrogens with zero attached hydrogens (tertiary/aromatic N) is 2. The van der Waals surface area contributed by atoms with Gasteiger partial charge in [0.15, 0.2) is 0 Å². The third kappa shape index (κ3) is 2.55. The second kappa shape index (κ2) is 5.25. The van der Waals surface area contributed by atoms with Crippen molar-refractivity contribution in [3.05, 3.63) is 17.8 Å². The number of carbonyl (C=O) groups is 1. The van der Waals surface area contributed by atoms with Gasteiger partial charge in [-0.3, -0.25) is 4.79 Å². The summed E-state index contributed by atoms with van der Waals surface area (Å²) in [5, 5.41) is 0. The lowest BCUT2D eigenvalue weighted by molar-refractivity contribution is 0.100. The summed E-state index contributed by atoms with van der Waals surface area (Å²) < 4.78 is 0. The van der Waals surface area contributed by atoms with E-state index in [2.05, 4.69) is 16.8 Å². The van der Waals surface area contributed by atoms with Crippen molar-refractivity contribution >= 4 is 17.4 Å². The van der Waals surface area contributed by atoms with Crippen LogP contribution in [-0.4, -0.2) is 24.0 Å². The molecule has 5 heteroatoms. The largest absolute Gasteiger partial charge is 0.397 e. The molecule has 0 radical (unpaired) electrons. The monoisotopic (exact) mass is 248 g/mol. The van der Waals surface area contributed by atoms with Crippen LogP contribution in [0.5, 0.6) is 0 Å². The zero-order valence-electron chi connectivity index (χ0n) is 10.7. The Morgan fingerprint density at radius 3 is 3.06 bits per heavy atom. The topological polar surface area (TPSA) is 85.2 Å². The summed E-state index contributed by atoms with van der Waals surface area (Å²) >= 11 is 0. The number of rotatable bonds is 4. The maximum Gasteiger partial charge on any atom is 0.250 e. The summed E-state index contributed by atoms with van der Waals surface area (Å²) in [6.45, 7) is 4.19. The van der Waals surface area contributed by atoms with Crippen molar-refractivity contribution < 1.29 is 4.79 Å². The van der Waals surface area contributed by atoms with Gasteiger partial charge in [-0.05, 0) is 24.8 Å². The number of nitrogens with two attached hydrogens (primary N) is 2. The summed E-state index contributed by atoms with van der Waals surface area (Å²) in [5.74, 6) is 1.03. The molecular weight excluding hydrogens is 228 g/mol. The summed E-state index contributed by atoms with van der Waals surface area (Å²) in [5.41, 5.74) is 11.7. The molecule has 0 saturated carbocycles. The van der Waals surface area contributed by atoms with Crippen molar-refractivity contribution in [2.75, 3.05) is 23.7 Å². The molecule has 2 rings (SSSR count). The Morgan fingerprint density at radius 2 is 2.39 bits per heavy atom. The normalized spacial score (nSPS) is 19.2. The zero-order chi connectivity index (χ0) is 13.1. The zero-order valence-corrected chi connectivity index (χ0v) is 10.7. The van der Waals surface area contributed by atoms with Gasteiger partial charge in [-0.2, -0.15) is 0 Å². The maximum absolute atomic E-state index is 11.3. The molecule has 1 atom stereocenters. The lowest BCUT2D eigenvalue weighted by Gasteiger charge is -2.18. The number of nitrogen functional groups attached to an aromatic ring is 1. The van der Waals surface area contributed by atoms with E-state index in [4.69, 9.17) is 11.5 Å². The van der Waals surface area contributed by atoms with Crippen LogP contribution in [-0.2, 0) is 0 Å². The van der Waals surface area contributed by atoms with Crippen molar-refractivity contribution in [3.63, 3.8) is 0 Å². The number of carbonyl (C=O) groups excluding carboxylic acids is 1. The number of primary amides is 1. The number of pyridine rings is 1. The van der Waals surface area contributed by atoms with Gasteiger partial charge in [0, 0.05) is 13.1 Å². The Labute approximate surface area is 107 Å². The van der Waals surface area contributed by atoms with Crippen LogP contribution in [0, 0.1) is 5.92 Å². The van der Waals surface area contributed by atoms with Crippen molar-refractivity contribution in [3.8, 4) is 0 Å². The van der Waals surface area contributed by atoms with Gasteiger partial charge in [-0.25, -0.2) is 4.98 Å². The van der Waals surface area contributed by atoms with Crippen LogP contribution in [0.3, 0.4) is 0 Å². The highest BCUT2D eigenvalue weighted by molar-refractivity contribution is 5.98. The van der Waals surface area contributed by atoms with Crippen LogP contribution < -0.4 is 16.4 Å². The first-order chi connectivity index (χ1) is 8.61. The number of anilines is 2. The molecule has 1 unspecified atom stereocenters. The third-order valence-corrected chi connectivity index (χ3v) is 3.49. The first kappa shape index (κ1) is 12.7. The highest BCUT2D eigenvalue weighted by atomic mass is 16.1. The van der Waals surface area contributed by atoms with Crippen LogP contribution in [0.15, 0.2) is 12.3 Å². The molecule has 1 aliphatic heterocycles. The number of aromatic nitrogens is 1. The maximum atomic E-state index is 11.3. The molecule has 1 fully saturated rings. The first-order valence-electron chi connectivity index (χ1n) is 6.42. The lowest BCUT2D eigenvalue weighted by atomic mass is 10.0. The molecule has 0 spiro atoms. The molecule has 5 nitrogen and oxygen atoms in total. The van der Waals surface area contributed by atoms with Gasteiger partial charge in [0.05, 0.1) is 17.4 Å². The molecule has 98 valence electrons. The molecule has 0 aliphatic carbocycles. The molecule has 1 saturated heterocycles. The Hall–Kier alpha value is -1.78. The van der Waals surface area contributed by atoms with Gasteiger partial charge in [-0.15, -0.1) is 0 Å². The fourth-order valence-electron chi connectivity index (χ4n) is 2.53. The van der Waals surface area contributed by atoms with Gasteiger partial charge >= 0.3 is 0 Å². The van der Waals surface area contributed by atoms with E-state index in [9.17, 15) is 4.79 Å². The molecule has 1 aliphatic rings. The highest BCUT2D eigenvalue weighted by Crippen LogP contribution is 2.26. The van der Waals surface area contributed by atoms with Gasteiger partial charge in [0.1, 0.15) is 5.82 Å². The standard InChI is InChI=1S/C13H20N4O/c1-2-3-9-4-5-17(8-9)12-6-10(13(15)18)11(14)7-16-12/h6-7,9H,2-5,8,14H2,1H3,(H2,15,18). The van der Waals surface area contributed by atoms with Crippen LogP contribution >= 0.6 is 0 Å². The minimum atomic E-state index is -0.500. The second-order valence-electron chi connectivity index (χ2n) is 4.88. The van der Waals surface area contributed by atoms with Crippen LogP contribution in [0.4, 0.5) is 11.5 Å². The van der Waals surface area contributed by atoms with Crippen molar-refractivity contribution in [1.82, 2.24) is 4.98 Å². The Morgan fingerprint density at radius 1 is 1.61 bits per heavy atom. The Kier molecular flexibility index (Phi) is 3.69. The molecule has 18 heavy (non-hydrogen) atoms. The first-order valence-corrected chi connectivity index (χ1v) is 6.42.